The van der Waals surface area contributed by atoms with Crippen LogP contribution in [0.2, 0.25) is 0 Å². The first-order valence-electron chi connectivity index (χ1n) is 7.95. The Hall–Kier alpha value is -0.200. The van der Waals surface area contributed by atoms with Crippen molar-refractivity contribution in [2.45, 2.75) is 52.7 Å². The van der Waals surface area contributed by atoms with E-state index in [1.165, 1.54) is 0 Å². The van der Waals surface area contributed by atoms with Gasteiger partial charge >= 0.3 is 0 Å². The molecule has 0 unspecified atom stereocenters. The smallest absolute Gasteiger partial charge is 0.0997 e. The molecule has 5 heteroatoms. The minimum atomic E-state index is -0.0823. The van der Waals surface area contributed by atoms with E-state index in [1.807, 2.05) is 0 Å². The molecule has 0 aromatic carbocycles. The van der Waals surface area contributed by atoms with Crippen molar-refractivity contribution in [3.63, 3.8) is 0 Å². The van der Waals surface area contributed by atoms with Gasteiger partial charge in [0.1, 0.15) is 0 Å². The highest BCUT2D eigenvalue weighted by atomic mass is 16.7. The van der Waals surface area contributed by atoms with Crippen LogP contribution >= 0.6 is 0 Å². The van der Waals surface area contributed by atoms with Gasteiger partial charge in [0.25, 0.3) is 0 Å². The fourth-order valence-corrected chi connectivity index (χ4v) is 2.79. The largest absolute Gasteiger partial charge is 0.373 e. The molecule has 0 radical (unpaired) electrons. The summed E-state index contributed by atoms with van der Waals surface area (Å²) in [5.41, 5.74) is 0.317. The van der Waals surface area contributed by atoms with E-state index in [4.69, 9.17) is 14.3 Å². The zero-order chi connectivity index (χ0) is 15.7. The van der Waals surface area contributed by atoms with Crippen molar-refractivity contribution in [2.24, 2.45) is 5.41 Å². The predicted octanol–water partition coefficient (Wildman–Crippen LogP) is 2.12. The first-order chi connectivity index (χ1) is 9.57. The molecule has 0 bridgehead atoms. The number of hydroxylamine groups is 2. The SMILES string of the molecule is CC(C)(C)OCCON1CC2(CN(COC(C)(C)C)C2)C1. The molecule has 0 aliphatic carbocycles. The topological polar surface area (TPSA) is 34.2 Å². The van der Waals surface area contributed by atoms with Gasteiger partial charge in [0.15, 0.2) is 0 Å². The second kappa shape index (κ2) is 6.13. The Morgan fingerprint density at radius 1 is 0.810 bits per heavy atom. The number of hydrogen-bond acceptors (Lipinski definition) is 5. The van der Waals surface area contributed by atoms with Crippen LogP contribution < -0.4 is 0 Å². The van der Waals surface area contributed by atoms with E-state index in [9.17, 15) is 0 Å². The van der Waals surface area contributed by atoms with Crippen LogP contribution in [0.1, 0.15) is 41.5 Å². The van der Waals surface area contributed by atoms with Crippen LogP contribution in [-0.2, 0) is 14.3 Å². The van der Waals surface area contributed by atoms with Crippen LogP contribution in [0.5, 0.6) is 0 Å². The molecular formula is C16H32N2O3. The minimum Gasteiger partial charge on any atom is -0.373 e. The summed E-state index contributed by atoms with van der Waals surface area (Å²) in [7, 11) is 0. The normalized spacial score (nSPS) is 23.1. The van der Waals surface area contributed by atoms with Crippen molar-refractivity contribution >= 4 is 0 Å². The lowest BCUT2D eigenvalue weighted by molar-refractivity contribution is -0.290. The van der Waals surface area contributed by atoms with Gasteiger partial charge in [0.2, 0.25) is 0 Å². The van der Waals surface area contributed by atoms with Crippen molar-refractivity contribution in [3.8, 4) is 0 Å². The van der Waals surface area contributed by atoms with Crippen LogP contribution in [0, 0.1) is 5.41 Å². The Morgan fingerprint density at radius 3 is 1.90 bits per heavy atom. The molecule has 0 atom stereocenters. The molecule has 5 nitrogen and oxygen atoms in total. The summed E-state index contributed by atoms with van der Waals surface area (Å²) >= 11 is 0. The number of rotatable bonds is 6. The van der Waals surface area contributed by atoms with Gasteiger partial charge in [-0.1, -0.05) is 0 Å². The summed E-state index contributed by atoms with van der Waals surface area (Å²) in [5, 5.41) is 2.06. The van der Waals surface area contributed by atoms with E-state index in [2.05, 4.69) is 51.5 Å². The highest BCUT2D eigenvalue weighted by Crippen LogP contribution is 2.39. The lowest BCUT2D eigenvalue weighted by Gasteiger charge is -2.59. The molecule has 1 spiro atoms. The maximum atomic E-state index is 5.80. The van der Waals surface area contributed by atoms with Crippen molar-refractivity contribution in [3.05, 3.63) is 0 Å². The zero-order valence-corrected chi connectivity index (χ0v) is 14.6. The van der Waals surface area contributed by atoms with Crippen molar-refractivity contribution in [1.82, 2.24) is 9.96 Å². The van der Waals surface area contributed by atoms with Crippen molar-refractivity contribution < 1.29 is 14.3 Å². The van der Waals surface area contributed by atoms with Crippen LogP contribution in [0.4, 0.5) is 0 Å². The fourth-order valence-electron chi connectivity index (χ4n) is 2.79. The number of hydrogen-bond donors (Lipinski definition) is 0. The maximum absolute atomic E-state index is 5.80. The monoisotopic (exact) mass is 300 g/mol. The van der Waals surface area contributed by atoms with Gasteiger partial charge in [-0.25, -0.2) is 0 Å². The molecule has 0 amide bonds. The van der Waals surface area contributed by atoms with Gasteiger partial charge in [-0.3, -0.25) is 9.74 Å². The number of nitrogens with zero attached hydrogens (tertiary/aromatic N) is 2. The van der Waals surface area contributed by atoms with Crippen LogP contribution in [0.3, 0.4) is 0 Å². The third kappa shape index (κ3) is 5.49. The van der Waals surface area contributed by atoms with Crippen LogP contribution in [0.25, 0.3) is 0 Å². The lowest BCUT2D eigenvalue weighted by Crippen LogP contribution is -2.72. The second-order valence-electron chi connectivity index (χ2n) is 8.46. The Balaban J connectivity index is 1.51. The first kappa shape index (κ1) is 17.2. The molecule has 124 valence electrons. The fraction of sp³-hybridized carbons (Fsp3) is 1.00. The Kier molecular flexibility index (Phi) is 5.01. The van der Waals surface area contributed by atoms with Gasteiger partial charge in [-0.2, -0.15) is 5.06 Å². The molecule has 0 saturated carbocycles. The molecule has 2 heterocycles. The summed E-state index contributed by atoms with van der Waals surface area (Å²) in [6.07, 6.45) is 0. The van der Waals surface area contributed by atoms with Gasteiger partial charge in [0, 0.05) is 31.6 Å². The molecule has 2 saturated heterocycles. The quantitative estimate of drug-likeness (QED) is 0.702. The maximum Gasteiger partial charge on any atom is 0.0997 e. The zero-order valence-electron chi connectivity index (χ0n) is 14.6. The Morgan fingerprint density at radius 2 is 1.38 bits per heavy atom. The van der Waals surface area contributed by atoms with Gasteiger partial charge < -0.3 is 9.47 Å². The Labute approximate surface area is 129 Å². The summed E-state index contributed by atoms with van der Waals surface area (Å²) in [6.45, 7) is 18.8. The highest BCUT2D eigenvalue weighted by Gasteiger charge is 2.52. The average Bonchev–Trinajstić information content (AvgIpc) is 2.19. The van der Waals surface area contributed by atoms with E-state index in [0.717, 1.165) is 32.9 Å². The van der Waals surface area contributed by atoms with E-state index in [1.54, 1.807) is 0 Å². The standard InChI is InChI=1S/C16H32N2O3/c1-14(2,3)19-7-8-21-18-11-16(12-18)9-17(10-16)13-20-15(4,5)6/h7-13H2,1-6H3. The third-order valence-electron chi connectivity index (χ3n) is 3.71. The number of likely N-dealkylation sites (tertiary alicyclic amines) is 1. The van der Waals surface area contributed by atoms with E-state index in [0.29, 0.717) is 18.6 Å². The van der Waals surface area contributed by atoms with Crippen molar-refractivity contribution in [1.29, 1.82) is 0 Å². The Bertz CT molecular complexity index is 332. The molecule has 2 aliphatic heterocycles. The molecule has 2 rings (SSSR count). The van der Waals surface area contributed by atoms with E-state index < -0.39 is 0 Å². The lowest BCUT2D eigenvalue weighted by atomic mass is 9.74. The van der Waals surface area contributed by atoms with Gasteiger partial charge in [-0.05, 0) is 41.5 Å². The predicted molar refractivity (Wildman–Crippen MR) is 82.9 cm³/mol. The highest BCUT2D eigenvalue weighted by molar-refractivity contribution is 5.03. The second-order valence-corrected chi connectivity index (χ2v) is 8.46. The summed E-state index contributed by atoms with van der Waals surface area (Å²) in [6, 6.07) is 0. The molecule has 0 aromatic rings. The van der Waals surface area contributed by atoms with Crippen molar-refractivity contribution in [2.75, 3.05) is 46.1 Å². The summed E-state index contributed by atoms with van der Waals surface area (Å²) < 4.78 is 11.4. The molecule has 0 N–H and O–H groups in total. The van der Waals surface area contributed by atoms with Gasteiger partial charge in [-0.15, -0.1) is 0 Å². The number of ether oxygens (including phenoxy) is 2. The van der Waals surface area contributed by atoms with Crippen LogP contribution in [0.15, 0.2) is 0 Å². The van der Waals surface area contributed by atoms with E-state index >= 15 is 0 Å². The third-order valence-corrected chi connectivity index (χ3v) is 3.71. The minimum absolute atomic E-state index is 0.0510. The van der Waals surface area contributed by atoms with Crippen LogP contribution in [-0.4, -0.2) is 67.3 Å². The molecule has 0 aromatic heterocycles. The molecule has 21 heavy (non-hydrogen) atoms. The first-order valence-corrected chi connectivity index (χ1v) is 7.95. The molecule has 2 fully saturated rings. The molecule has 2 aliphatic rings. The average molecular weight is 300 g/mol. The summed E-state index contributed by atoms with van der Waals surface area (Å²) in [4.78, 5) is 8.08. The summed E-state index contributed by atoms with van der Waals surface area (Å²) in [5.74, 6) is 0. The van der Waals surface area contributed by atoms with Gasteiger partial charge in [0.05, 0.1) is 31.1 Å². The van der Waals surface area contributed by atoms with E-state index in [-0.39, 0.29) is 11.2 Å². The molecular weight excluding hydrogens is 268 g/mol.